The molecule has 0 aliphatic rings. The van der Waals surface area contributed by atoms with E-state index < -0.39 is 50.4 Å². The number of sulfonamides is 1. The van der Waals surface area contributed by atoms with Crippen molar-refractivity contribution in [3.05, 3.63) is 34.1 Å². The number of nitro benzene ring substituents is 1. The summed E-state index contributed by atoms with van der Waals surface area (Å²) in [5.74, 6) is -4.96. The summed E-state index contributed by atoms with van der Waals surface area (Å²) < 4.78 is 64.1. The minimum Gasteiger partial charge on any atom is -0.325 e. The van der Waals surface area contributed by atoms with Crippen molar-refractivity contribution in [1.82, 2.24) is 4.72 Å². The summed E-state index contributed by atoms with van der Waals surface area (Å²) in [6.07, 6.45) is 0. The van der Waals surface area contributed by atoms with Crippen LogP contribution in [0, 0.1) is 15.9 Å². The number of hydrogen-bond acceptors (Lipinski definition) is 5. The molecule has 0 aliphatic carbocycles. The highest BCUT2D eigenvalue weighted by atomic mass is 32.2. The number of nitrogens with one attached hydrogen (secondary N) is 1. The van der Waals surface area contributed by atoms with Crippen LogP contribution in [0.3, 0.4) is 0 Å². The maximum atomic E-state index is 13.5. The van der Waals surface area contributed by atoms with Crippen LogP contribution in [0.4, 0.5) is 18.9 Å². The van der Waals surface area contributed by atoms with Gasteiger partial charge < -0.3 is 5.73 Å². The van der Waals surface area contributed by atoms with Crippen molar-refractivity contribution in [2.24, 2.45) is 5.73 Å². The molecule has 0 saturated carbocycles. The zero-order valence-electron chi connectivity index (χ0n) is 9.85. The van der Waals surface area contributed by atoms with Crippen LogP contribution in [0.25, 0.3) is 0 Å². The van der Waals surface area contributed by atoms with Crippen LogP contribution in [0.15, 0.2) is 23.1 Å². The minimum atomic E-state index is -4.81. The lowest BCUT2D eigenvalue weighted by atomic mass is 10.3. The van der Waals surface area contributed by atoms with Gasteiger partial charge >= 0.3 is 0 Å². The van der Waals surface area contributed by atoms with Crippen LogP contribution in [-0.4, -0.2) is 32.4 Å². The molecule has 0 atom stereocenters. The third-order valence-electron chi connectivity index (χ3n) is 2.23. The average Bonchev–Trinajstić information content (AvgIpc) is 2.36. The molecule has 3 N–H and O–H groups in total. The van der Waals surface area contributed by atoms with E-state index in [1.165, 1.54) is 4.72 Å². The van der Waals surface area contributed by atoms with Crippen molar-refractivity contribution in [1.29, 1.82) is 0 Å². The van der Waals surface area contributed by atoms with Gasteiger partial charge in [0.15, 0.2) is 4.90 Å². The van der Waals surface area contributed by atoms with E-state index in [0.29, 0.717) is 6.07 Å². The van der Waals surface area contributed by atoms with Gasteiger partial charge in [0.05, 0.1) is 18.0 Å². The molecule has 0 saturated heterocycles. The molecular formula is C9H10F3N3O4S. The van der Waals surface area contributed by atoms with Crippen LogP contribution in [-0.2, 0) is 10.0 Å². The highest BCUT2D eigenvalue weighted by Crippen LogP contribution is 2.26. The number of nitrogens with two attached hydrogens (primary N) is 1. The van der Waals surface area contributed by atoms with E-state index in [0.717, 1.165) is 12.1 Å². The standard InChI is InChI=1S/C9H10F3N3O4S/c10-6-2-1-3-7(15(16)17)8(6)20(18,19)14-5-9(11,12)4-13/h1-3,14H,4-5,13H2. The first-order valence-electron chi connectivity index (χ1n) is 5.11. The van der Waals surface area contributed by atoms with Gasteiger partial charge in [-0.05, 0) is 6.07 Å². The van der Waals surface area contributed by atoms with Crippen molar-refractivity contribution in [2.75, 3.05) is 13.1 Å². The van der Waals surface area contributed by atoms with Gasteiger partial charge in [-0.2, -0.15) is 0 Å². The molecule has 20 heavy (non-hydrogen) atoms. The topological polar surface area (TPSA) is 115 Å². The van der Waals surface area contributed by atoms with Gasteiger partial charge in [-0.1, -0.05) is 6.07 Å². The molecule has 0 amide bonds. The van der Waals surface area contributed by atoms with Crippen LogP contribution in [0.1, 0.15) is 0 Å². The molecule has 0 unspecified atom stereocenters. The van der Waals surface area contributed by atoms with E-state index in [1.54, 1.807) is 0 Å². The number of rotatable bonds is 6. The predicted octanol–water partition coefficient (Wildman–Crippen LogP) is 0.606. The monoisotopic (exact) mass is 313 g/mol. The molecule has 1 rings (SSSR count). The van der Waals surface area contributed by atoms with Crippen molar-refractivity contribution < 1.29 is 26.5 Å². The van der Waals surface area contributed by atoms with E-state index in [-0.39, 0.29) is 0 Å². The van der Waals surface area contributed by atoms with E-state index in [4.69, 9.17) is 5.73 Å². The lowest BCUT2D eigenvalue weighted by Gasteiger charge is -2.14. The van der Waals surface area contributed by atoms with E-state index in [1.807, 2.05) is 0 Å². The summed E-state index contributed by atoms with van der Waals surface area (Å²) in [4.78, 5) is 8.24. The van der Waals surface area contributed by atoms with Gasteiger partial charge in [0.25, 0.3) is 21.6 Å². The summed E-state index contributed by atoms with van der Waals surface area (Å²) in [6.45, 7) is -2.52. The highest BCUT2D eigenvalue weighted by molar-refractivity contribution is 7.89. The number of halogens is 3. The van der Waals surface area contributed by atoms with Crippen molar-refractivity contribution in [3.63, 3.8) is 0 Å². The molecule has 1 aromatic rings. The van der Waals surface area contributed by atoms with E-state index >= 15 is 0 Å². The number of alkyl halides is 2. The Kier molecular flexibility index (Phi) is 4.68. The number of nitrogens with zero attached hydrogens (tertiary/aromatic N) is 1. The summed E-state index contributed by atoms with van der Waals surface area (Å²) >= 11 is 0. The molecule has 1 aromatic carbocycles. The fourth-order valence-corrected chi connectivity index (χ4v) is 2.54. The second kappa shape index (κ2) is 5.73. The molecule has 0 aromatic heterocycles. The maximum Gasteiger partial charge on any atom is 0.292 e. The number of benzene rings is 1. The van der Waals surface area contributed by atoms with Crippen LogP contribution < -0.4 is 10.5 Å². The first-order valence-corrected chi connectivity index (χ1v) is 6.59. The Morgan fingerprint density at radius 3 is 2.50 bits per heavy atom. The molecule has 112 valence electrons. The SMILES string of the molecule is NCC(F)(F)CNS(=O)(=O)c1c(F)cccc1[N+](=O)[O-]. The fraction of sp³-hybridized carbons (Fsp3) is 0.333. The van der Waals surface area contributed by atoms with Crippen molar-refractivity contribution in [2.45, 2.75) is 10.8 Å². The van der Waals surface area contributed by atoms with Crippen LogP contribution >= 0.6 is 0 Å². The Morgan fingerprint density at radius 2 is 2.00 bits per heavy atom. The fourth-order valence-electron chi connectivity index (χ4n) is 1.25. The third-order valence-corrected chi connectivity index (χ3v) is 3.70. The largest absolute Gasteiger partial charge is 0.325 e. The lowest BCUT2D eigenvalue weighted by molar-refractivity contribution is -0.388. The first kappa shape index (κ1) is 16.3. The molecule has 0 aliphatic heterocycles. The quantitative estimate of drug-likeness (QED) is 0.589. The lowest BCUT2D eigenvalue weighted by Crippen LogP contribution is -2.41. The number of nitro groups is 1. The van der Waals surface area contributed by atoms with E-state index in [2.05, 4.69) is 0 Å². The summed E-state index contributed by atoms with van der Waals surface area (Å²) in [5.41, 5.74) is 3.67. The summed E-state index contributed by atoms with van der Waals surface area (Å²) in [5, 5.41) is 10.7. The first-order chi connectivity index (χ1) is 9.10. The Morgan fingerprint density at radius 1 is 1.40 bits per heavy atom. The zero-order chi connectivity index (χ0) is 15.6. The van der Waals surface area contributed by atoms with E-state index in [9.17, 15) is 31.7 Å². The smallest absolute Gasteiger partial charge is 0.292 e. The molecule has 0 spiro atoms. The van der Waals surface area contributed by atoms with Gasteiger partial charge in [0.1, 0.15) is 5.82 Å². The summed E-state index contributed by atoms with van der Waals surface area (Å²) in [6, 6.07) is 2.35. The second-order valence-electron chi connectivity index (χ2n) is 3.73. The molecule has 0 heterocycles. The normalized spacial score (nSPS) is 12.4. The molecule has 0 fully saturated rings. The molecular weight excluding hydrogens is 303 g/mol. The van der Waals surface area contributed by atoms with Crippen LogP contribution in [0.5, 0.6) is 0 Å². The van der Waals surface area contributed by atoms with Gasteiger partial charge in [-0.15, -0.1) is 0 Å². The average molecular weight is 313 g/mol. The van der Waals surface area contributed by atoms with Gasteiger partial charge in [0, 0.05) is 6.07 Å². The zero-order valence-corrected chi connectivity index (χ0v) is 10.7. The second-order valence-corrected chi connectivity index (χ2v) is 5.43. The number of hydrogen-bond donors (Lipinski definition) is 2. The highest BCUT2D eigenvalue weighted by Gasteiger charge is 2.34. The van der Waals surface area contributed by atoms with Gasteiger partial charge in [0.2, 0.25) is 0 Å². The molecule has 0 bridgehead atoms. The third kappa shape index (κ3) is 3.65. The maximum absolute atomic E-state index is 13.5. The Bertz CT molecular complexity index is 621. The Hall–Kier alpha value is -1.72. The van der Waals surface area contributed by atoms with Crippen LogP contribution in [0.2, 0.25) is 0 Å². The molecule has 11 heteroatoms. The predicted molar refractivity (Wildman–Crippen MR) is 62.2 cm³/mol. The van der Waals surface area contributed by atoms with Gasteiger partial charge in [-0.3, -0.25) is 10.1 Å². The molecule has 7 nitrogen and oxygen atoms in total. The van der Waals surface area contributed by atoms with Crippen molar-refractivity contribution in [3.8, 4) is 0 Å². The summed E-state index contributed by atoms with van der Waals surface area (Å²) in [7, 11) is -4.81. The van der Waals surface area contributed by atoms with Crippen molar-refractivity contribution >= 4 is 15.7 Å². The molecule has 0 radical (unpaired) electrons. The Balaban J connectivity index is 3.20. The Labute approximate surface area is 111 Å². The minimum absolute atomic E-state index is 0.669. The van der Waals surface area contributed by atoms with Gasteiger partial charge in [-0.25, -0.2) is 26.3 Å².